The third kappa shape index (κ3) is 24.6. The summed E-state index contributed by atoms with van der Waals surface area (Å²) < 4.78 is 61.6. The van der Waals surface area contributed by atoms with Gasteiger partial charge >= 0.3 is 6.09 Å². The molecule has 0 unspecified atom stereocenters. The molecule has 8 amide bonds. The zero-order valence-corrected chi connectivity index (χ0v) is 58.2. The number of anilines is 1. The first-order valence-electron chi connectivity index (χ1n) is 30.5. The molecular weight excluding hydrogens is 1430 g/mol. The molecule has 42 nitrogen and oxygen atoms in total. The van der Waals surface area contributed by atoms with Crippen LogP contribution in [0.15, 0.2) is 23.3 Å². The van der Waals surface area contributed by atoms with Gasteiger partial charge in [-0.05, 0) is 31.7 Å². The third-order valence-corrected chi connectivity index (χ3v) is 18.2. The fraction of sp³-hybridized carbons (Fsp3) is 0.618. The molecule has 564 valence electrons. The van der Waals surface area contributed by atoms with E-state index in [0.29, 0.717) is 22.3 Å². The SMILES string of the molecule is Cc1c(N)nc([C@H](CC(N)=O)NC[C@H](N)C(N)=O)nc1C(=O)N[C@H](C(=O)N[C@H](C)[C@@H](O)[C@H](C)C(=O)N[C@H](C(=O)NCCc1nc(-c2nc(C(=O)NCCC[S+](C)C)cs2)cs1)[C@@H](C)O)[C@@H](O[C@@H]1O[C@@H](CO)[C@@H](O)[C@H](O)[C@@H]1O[C@H]1O[C@H](CO)[C@@H](O)[C@H](OC(N)=O)[C@@H]1O)c1cnc[nH]1.O=S(=O)([O-])O. The van der Waals surface area contributed by atoms with Gasteiger partial charge in [0, 0.05) is 55.2 Å². The number of nitrogens with one attached hydrogen (secondary N) is 7. The molecule has 4 aromatic heterocycles. The van der Waals surface area contributed by atoms with E-state index < -0.39 is 193 Å². The maximum Gasteiger partial charge on any atom is 0.404 e. The number of carbonyl (C=O) groups is 8. The molecule has 0 aliphatic carbocycles. The van der Waals surface area contributed by atoms with Gasteiger partial charge in [0.15, 0.2) is 18.7 Å². The van der Waals surface area contributed by atoms with E-state index in [-0.39, 0.29) is 64.9 Å². The molecule has 2 fully saturated rings. The Hall–Kier alpha value is -7.43. The second-order valence-corrected chi connectivity index (χ2v) is 28.3. The Labute approximate surface area is 586 Å². The predicted molar refractivity (Wildman–Crippen MR) is 351 cm³/mol. The van der Waals surface area contributed by atoms with Crippen molar-refractivity contribution < 1.29 is 120 Å². The van der Waals surface area contributed by atoms with Crippen molar-refractivity contribution in [2.45, 2.75) is 157 Å². The van der Waals surface area contributed by atoms with E-state index in [0.717, 1.165) is 24.7 Å². The number of hydrogen-bond acceptors (Lipinski definition) is 34. The molecule has 101 heavy (non-hydrogen) atoms. The van der Waals surface area contributed by atoms with E-state index in [1.165, 1.54) is 50.4 Å². The van der Waals surface area contributed by atoms with Gasteiger partial charge in [0.05, 0.1) is 85.2 Å². The van der Waals surface area contributed by atoms with Gasteiger partial charge in [-0.3, -0.25) is 38.1 Å². The topological polar surface area (TPSA) is 705 Å². The van der Waals surface area contributed by atoms with Crippen LogP contribution in [0.3, 0.4) is 0 Å². The Bertz CT molecular complexity index is 3540. The highest BCUT2D eigenvalue weighted by Crippen LogP contribution is 2.35. The number of aromatic amines is 1. The number of thiazole rings is 2. The van der Waals surface area contributed by atoms with E-state index in [4.69, 9.17) is 69.9 Å². The highest BCUT2D eigenvalue weighted by atomic mass is 32.3. The minimum atomic E-state index is -4.92. The van der Waals surface area contributed by atoms with Crippen molar-refractivity contribution in [3.05, 3.63) is 56.8 Å². The Balaban J connectivity index is 0.00000354. The predicted octanol–water partition coefficient (Wildman–Crippen LogP) is -8.70. The van der Waals surface area contributed by atoms with Crippen molar-refractivity contribution >= 4 is 97.2 Å². The second kappa shape index (κ2) is 38.7. The molecule has 6 heterocycles. The van der Waals surface area contributed by atoms with E-state index in [9.17, 15) is 74.4 Å². The first-order valence-corrected chi connectivity index (χ1v) is 35.9. The summed E-state index contributed by atoms with van der Waals surface area (Å²) in [5.74, 6) is -7.69. The number of nitrogens with zero attached hydrogens (tertiary/aromatic N) is 5. The summed E-state index contributed by atoms with van der Waals surface area (Å²) in [5.41, 5.74) is 28.1. The lowest BCUT2D eigenvalue weighted by atomic mass is 9.96. The maximum absolute atomic E-state index is 15.2. The first-order chi connectivity index (χ1) is 47.3. The largest absolute Gasteiger partial charge is 0.726 e. The van der Waals surface area contributed by atoms with Crippen LogP contribution in [0, 0.1) is 12.8 Å². The minimum absolute atomic E-state index is 0.00498. The van der Waals surface area contributed by atoms with Crippen molar-refractivity contribution in [1.29, 1.82) is 0 Å². The van der Waals surface area contributed by atoms with Crippen molar-refractivity contribution in [2.75, 3.05) is 56.8 Å². The molecule has 19 atom stereocenters. The maximum atomic E-state index is 15.2. The highest BCUT2D eigenvalue weighted by Gasteiger charge is 2.54. The Morgan fingerprint density at radius 2 is 1.46 bits per heavy atom. The number of nitrogens with two attached hydrogens (primary N) is 5. The molecule has 0 aromatic carbocycles. The van der Waals surface area contributed by atoms with Crippen molar-refractivity contribution in [2.24, 2.45) is 28.9 Å². The van der Waals surface area contributed by atoms with Crippen LogP contribution in [0.4, 0.5) is 10.6 Å². The van der Waals surface area contributed by atoms with Crippen LogP contribution >= 0.6 is 22.7 Å². The highest BCUT2D eigenvalue weighted by molar-refractivity contribution is 7.95. The molecule has 2 saturated heterocycles. The molecule has 4 aromatic rings. The number of carbonyl (C=O) groups excluding carboxylic acids is 8. The summed E-state index contributed by atoms with van der Waals surface area (Å²) in [6.07, 6.45) is -20.0. The van der Waals surface area contributed by atoms with E-state index >= 15 is 4.79 Å². The van der Waals surface area contributed by atoms with Crippen molar-refractivity contribution in [3.8, 4) is 10.7 Å². The summed E-state index contributed by atoms with van der Waals surface area (Å²) in [6.45, 7) is 3.18. The van der Waals surface area contributed by atoms with Crippen molar-refractivity contribution in [1.82, 2.24) is 61.8 Å². The number of rotatable bonds is 35. The van der Waals surface area contributed by atoms with Gasteiger partial charge in [0.2, 0.25) is 39.9 Å². The fourth-order valence-electron chi connectivity index (χ4n) is 9.80. The van der Waals surface area contributed by atoms with Crippen LogP contribution in [-0.2, 0) is 75.4 Å². The molecule has 0 spiro atoms. The van der Waals surface area contributed by atoms with Gasteiger partial charge < -0.3 is 135 Å². The number of aliphatic hydroxyl groups is 8. The average molecular weight is 1510 g/mol. The Kier molecular flexibility index (Phi) is 32.3. The molecule has 2 aliphatic heterocycles. The number of amides is 8. The van der Waals surface area contributed by atoms with Crippen LogP contribution in [0.25, 0.3) is 10.7 Å². The summed E-state index contributed by atoms with van der Waals surface area (Å²) in [4.78, 5) is 131. The normalized spacial score (nSPS) is 23.4. The van der Waals surface area contributed by atoms with E-state index in [1.54, 1.807) is 10.8 Å². The Morgan fingerprint density at radius 1 is 0.802 bits per heavy atom. The second-order valence-electron chi connectivity index (χ2n) is 23.2. The van der Waals surface area contributed by atoms with E-state index in [1.807, 2.05) is 0 Å². The van der Waals surface area contributed by atoms with Crippen LogP contribution in [0.2, 0.25) is 0 Å². The van der Waals surface area contributed by atoms with Crippen LogP contribution in [0.1, 0.15) is 88.8 Å². The van der Waals surface area contributed by atoms with Crippen LogP contribution in [0.5, 0.6) is 0 Å². The fourth-order valence-corrected chi connectivity index (χ4v) is 12.1. The average Bonchev–Trinajstić information content (AvgIpc) is 1.16. The number of primary amides is 3. The summed E-state index contributed by atoms with van der Waals surface area (Å²) in [7, 11) is -4.66. The zero-order chi connectivity index (χ0) is 75.5. The van der Waals surface area contributed by atoms with Gasteiger partial charge in [-0.1, -0.05) is 6.92 Å². The molecule has 0 radical (unpaired) electrons. The number of hydrogen-bond donors (Lipinski definition) is 21. The molecule has 26 N–H and O–H groups in total. The lowest BCUT2D eigenvalue weighted by Crippen LogP contribution is -2.65. The van der Waals surface area contributed by atoms with Crippen LogP contribution in [-0.4, -0.2) is 285 Å². The molecular formula is C55H85N17O25S4. The summed E-state index contributed by atoms with van der Waals surface area (Å²) in [5, 5.41) is 108. The van der Waals surface area contributed by atoms with Gasteiger partial charge in [-0.25, -0.2) is 38.1 Å². The van der Waals surface area contributed by atoms with Gasteiger partial charge in [0.1, 0.15) is 100 Å². The number of aliphatic hydroxyl groups excluding tert-OH is 8. The standard InChI is InChI=1S/C55H83N17O21S3.H2O4S/c1-20-33(69-46(72-44(20)58)25(12-31(57)76)64-13-24(56)45(59)82)50(86)71-35(41(26-14-61-19-65-26)91-54-43(39(80)37(78)29(15-73)90-54)92-53-40(81)42(93-55(60)88)38(79)30(16-74)89-53)51(87)66-22(3)36(77)21(2)47(83)70-34(23(4)75)49(85)63-10-8-32-67-28(18-94-32)52-68-27(17-95-52)48(84)62-9-7-11-96(5)6;1-5(2,3)4/h14,17-19,21-25,29-30,34-43,53-54,64,73-75,77-81H,7-13,15-16,56H2,1-6H3,(H13-,57,58,59,60,61,62,63,65,66,69,70,71,72,76,82,83,84,85,86,87,88);(H2,1,2,3,4)/t21-,22+,23+,24-,25-,29-,30+,34-,35-,36-,37+,38+,39-,40-,41-,42-,43-,53+,54-;/m0./s1. The smallest absolute Gasteiger partial charge is 0.404 e. The molecule has 0 saturated carbocycles. The lowest BCUT2D eigenvalue weighted by molar-refractivity contribution is -0.372. The number of nitrogen functional groups attached to an aromatic ring is 1. The minimum Gasteiger partial charge on any atom is -0.726 e. The van der Waals surface area contributed by atoms with E-state index in [2.05, 4.69) is 74.3 Å². The first kappa shape index (κ1) is 84.2. The van der Waals surface area contributed by atoms with Crippen molar-refractivity contribution in [3.63, 3.8) is 0 Å². The monoisotopic (exact) mass is 1510 g/mol. The van der Waals surface area contributed by atoms with Crippen LogP contribution < -0.4 is 60.6 Å². The summed E-state index contributed by atoms with van der Waals surface area (Å²) in [6, 6.07) is -7.85. The molecule has 6 rings (SSSR count). The van der Waals surface area contributed by atoms with Gasteiger partial charge in [-0.15, -0.1) is 22.7 Å². The summed E-state index contributed by atoms with van der Waals surface area (Å²) >= 11 is 2.52. The van der Waals surface area contributed by atoms with Gasteiger partial charge in [0.25, 0.3) is 11.8 Å². The number of aromatic nitrogens is 6. The Morgan fingerprint density at radius 3 is 2.05 bits per heavy atom. The number of imidazole rings is 1. The van der Waals surface area contributed by atoms with Gasteiger partial charge in [-0.2, -0.15) is 0 Å². The lowest BCUT2D eigenvalue weighted by Gasteiger charge is -2.47. The quantitative estimate of drug-likeness (QED) is 0.00880. The number of H-pyrrole nitrogens is 1. The molecule has 0 bridgehead atoms. The molecule has 2 aliphatic rings. The number of ether oxygens (including phenoxy) is 5. The molecule has 46 heteroatoms. The zero-order valence-electron chi connectivity index (χ0n) is 55.0. The third-order valence-electron chi connectivity index (χ3n) is 15.3.